The smallest absolute Gasteiger partial charge is 0.0617 e. The van der Waals surface area contributed by atoms with E-state index in [9.17, 15) is 0 Å². The quantitative estimate of drug-likeness (QED) is 0.193. The average molecular weight is 589 g/mol. The van der Waals surface area contributed by atoms with E-state index in [1.54, 1.807) is 0 Å². The molecule has 2 aromatic heterocycles. The van der Waals surface area contributed by atoms with Crippen molar-refractivity contribution in [2.75, 3.05) is 0 Å². The van der Waals surface area contributed by atoms with Crippen LogP contribution in [0.15, 0.2) is 140 Å². The average Bonchev–Trinajstić information content (AvgIpc) is 3.50. The molecular weight excluding hydrogens is 565 g/mol. The Morgan fingerprint density at radius 1 is 0.390 bits per heavy atom. The number of fused-ring (bicyclic) bond motifs is 4. The van der Waals surface area contributed by atoms with Gasteiger partial charge in [0, 0.05) is 0 Å². The van der Waals surface area contributed by atoms with Gasteiger partial charge in [-0.1, -0.05) is 18.2 Å². The molecule has 0 aliphatic heterocycles. The Kier molecular flexibility index (Phi) is 5.81. The van der Waals surface area contributed by atoms with Gasteiger partial charge in [0.15, 0.2) is 0 Å². The minimum atomic E-state index is 0.125. The van der Waals surface area contributed by atoms with E-state index in [0.717, 1.165) is 39.1 Å². The zero-order chi connectivity index (χ0) is 27.2. The van der Waals surface area contributed by atoms with Gasteiger partial charge in [-0.25, -0.2) is 0 Å². The first-order valence-corrected chi connectivity index (χ1v) is 15.3. The number of para-hydroxylation sites is 2. The zero-order valence-electron chi connectivity index (χ0n) is 22.0. The minimum Gasteiger partial charge on any atom is -0.0617 e. The maximum absolute atomic E-state index is 5.18. The summed E-state index contributed by atoms with van der Waals surface area (Å²) in [6.45, 7) is 0. The number of nitrogens with zero attached hydrogens (tertiary/aromatic N) is 3. The van der Waals surface area contributed by atoms with Crippen LogP contribution in [0, 0.1) is 0 Å². The Morgan fingerprint density at radius 2 is 0.927 bits per heavy atom. The summed E-state index contributed by atoms with van der Waals surface area (Å²) in [5.74, 6) is 0. The third-order valence-corrected chi connectivity index (χ3v) is 9.92. The Morgan fingerprint density at radius 3 is 1.63 bits per heavy atom. The standard InChI is InChI=1S/C37H23N3Se/c1-3-9-24(10-4-1)25-15-18-27(19-16-25)34-35(39-32-14-8-7-13-31(32)38-34)29-20-17-26-21-22-33-36(30(26)23-29)41-37(40-33)28-11-5-2-6-12-28/h1-23H. The third kappa shape index (κ3) is 4.35. The number of hydrogen-bond acceptors (Lipinski definition) is 3. The van der Waals surface area contributed by atoms with Gasteiger partial charge >= 0.3 is 226 Å². The van der Waals surface area contributed by atoms with Crippen molar-refractivity contribution in [3.63, 3.8) is 0 Å². The van der Waals surface area contributed by atoms with E-state index >= 15 is 0 Å². The van der Waals surface area contributed by atoms with Crippen LogP contribution in [0.5, 0.6) is 0 Å². The molecule has 192 valence electrons. The predicted molar refractivity (Wildman–Crippen MR) is 171 cm³/mol. The Hall–Kier alpha value is -4.89. The SMILES string of the molecule is c1ccc(-c2ccc(-c3nc4ccccc4nc3-c3ccc4ccc5nc(-c6ccccc6)[se]c5c4c3)cc2)cc1. The molecule has 4 heteroatoms. The monoisotopic (exact) mass is 589 g/mol. The molecule has 41 heavy (non-hydrogen) atoms. The van der Waals surface area contributed by atoms with Crippen LogP contribution < -0.4 is 0 Å². The minimum absolute atomic E-state index is 0.125. The molecule has 0 aliphatic rings. The van der Waals surface area contributed by atoms with Gasteiger partial charge < -0.3 is 0 Å². The van der Waals surface area contributed by atoms with Crippen molar-refractivity contribution < 1.29 is 0 Å². The molecule has 0 saturated carbocycles. The van der Waals surface area contributed by atoms with Gasteiger partial charge in [0.2, 0.25) is 0 Å². The van der Waals surface area contributed by atoms with E-state index in [4.69, 9.17) is 15.0 Å². The summed E-state index contributed by atoms with van der Waals surface area (Å²) in [4.78, 5) is 15.4. The van der Waals surface area contributed by atoms with Gasteiger partial charge in [-0.3, -0.25) is 0 Å². The van der Waals surface area contributed by atoms with Crippen LogP contribution in [-0.2, 0) is 0 Å². The Bertz CT molecular complexity index is 2180. The predicted octanol–water partition coefficient (Wildman–Crippen LogP) is 9.06. The molecule has 0 aliphatic carbocycles. The van der Waals surface area contributed by atoms with E-state index in [1.165, 1.54) is 36.3 Å². The van der Waals surface area contributed by atoms with Gasteiger partial charge in [0.1, 0.15) is 0 Å². The van der Waals surface area contributed by atoms with Crippen molar-refractivity contribution in [1.29, 1.82) is 0 Å². The summed E-state index contributed by atoms with van der Waals surface area (Å²) >= 11 is 0.125. The second kappa shape index (κ2) is 9.94. The molecule has 0 radical (unpaired) electrons. The Balaban J connectivity index is 1.31. The van der Waals surface area contributed by atoms with Crippen LogP contribution in [0.3, 0.4) is 0 Å². The van der Waals surface area contributed by atoms with Crippen molar-refractivity contribution in [1.82, 2.24) is 15.0 Å². The Labute approximate surface area is 243 Å². The second-order valence-corrected chi connectivity index (χ2v) is 12.2. The van der Waals surface area contributed by atoms with Crippen molar-refractivity contribution in [2.24, 2.45) is 0 Å². The van der Waals surface area contributed by atoms with E-state index in [2.05, 4.69) is 109 Å². The third-order valence-electron chi connectivity index (χ3n) is 7.50. The number of aromatic nitrogens is 3. The van der Waals surface area contributed by atoms with Gasteiger partial charge in [-0.15, -0.1) is 0 Å². The molecule has 0 unspecified atom stereocenters. The molecule has 0 fully saturated rings. The fourth-order valence-corrected chi connectivity index (χ4v) is 7.71. The zero-order valence-corrected chi connectivity index (χ0v) is 23.7. The summed E-state index contributed by atoms with van der Waals surface area (Å²) in [6.07, 6.45) is 0. The first-order chi connectivity index (χ1) is 20.3. The van der Waals surface area contributed by atoms with Crippen LogP contribution >= 0.6 is 0 Å². The fourth-order valence-electron chi connectivity index (χ4n) is 5.41. The van der Waals surface area contributed by atoms with E-state index < -0.39 is 0 Å². The van der Waals surface area contributed by atoms with Crippen molar-refractivity contribution in [3.8, 4) is 43.8 Å². The molecule has 2 heterocycles. The molecular formula is C37H23N3Se. The number of hydrogen-bond donors (Lipinski definition) is 0. The van der Waals surface area contributed by atoms with Gasteiger partial charge in [0.25, 0.3) is 0 Å². The van der Waals surface area contributed by atoms with Crippen molar-refractivity contribution in [3.05, 3.63) is 140 Å². The van der Waals surface area contributed by atoms with Gasteiger partial charge in [-0.05, 0) is 0 Å². The molecule has 0 saturated heterocycles. The van der Waals surface area contributed by atoms with Gasteiger partial charge in [-0.2, -0.15) is 0 Å². The number of rotatable bonds is 4. The molecule has 0 N–H and O–H groups in total. The first-order valence-electron chi connectivity index (χ1n) is 13.6. The van der Waals surface area contributed by atoms with Crippen LogP contribution in [0.2, 0.25) is 0 Å². The first kappa shape index (κ1) is 24.0. The fraction of sp³-hybridized carbons (Fsp3) is 0. The van der Waals surface area contributed by atoms with Crippen LogP contribution in [0.4, 0.5) is 0 Å². The van der Waals surface area contributed by atoms with E-state index in [0.29, 0.717) is 0 Å². The van der Waals surface area contributed by atoms with E-state index in [-0.39, 0.29) is 14.5 Å². The number of benzene rings is 6. The normalized spacial score (nSPS) is 11.4. The topological polar surface area (TPSA) is 38.7 Å². The molecule has 8 rings (SSSR count). The van der Waals surface area contributed by atoms with Crippen molar-refractivity contribution in [2.45, 2.75) is 0 Å². The van der Waals surface area contributed by atoms with Crippen LogP contribution in [0.25, 0.3) is 75.4 Å². The molecule has 0 bridgehead atoms. The summed E-state index contributed by atoms with van der Waals surface area (Å²) in [7, 11) is 0. The van der Waals surface area contributed by atoms with E-state index in [1.807, 2.05) is 30.3 Å². The summed E-state index contributed by atoms with van der Waals surface area (Å²) in [6, 6.07) is 48.8. The van der Waals surface area contributed by atoms with Gasteiger partial charge in [0.05, 0.1) is 0 Å². The van der Waals surface area contributed by atoms with Crippen LogP contribution in [-0.4, -0.2) is 29.5 Å². The maximum atomic E-state index is 5.18. The molecule has 8 aromatic rings. The summed E-state index contributed by atoms with van der Waals surface area (Å²) in [5, 5.41) is 2.47. The molecule has 0 atom stereocenters. The molecule has 0 spiro atoms. The van der Waals surface area contributed by atoms with Crippen LogP contribution in [0.1, 0.15) is 0 Å². The summed E-state index contributed by atoms with van der Waals surface area (Å²) in [5.41, 5.74) is 10.4. The van der Waals surface area contributed by atoms with Crippen molar-refractivity contribution >= 4 is 46.1 Å². The molecule has 0 amide bonds. The molecule has 6 aromatic carbocycles. The summed E-state index contributed by atoms with van der Waals surface area (Å²) < 4.78 is 2.51. The second-order valence-electron chi connectivity index (χ2n) is 10.1. The molecule has 3 nitrogen and oxygen atoms in total.